The molecule has 0 spiro atoms. The van der Waals surface area contributed by atoms with E-state index in [1.165, 1.54) is 0 Å². The maximum absolute atomic E-state index is 11.3. The van der Waals surface area contributed by atoms with Crippen LogP contribution in [-0.4, -0.2) is 38.2 Å². The van der Waals surface area contributed by atoms with E-state index in [4.69, 9.17) is 15.2 Å². The Morgan fingerprint density at radius 2 is 1.87 bits per heavy atom. The molecule has 23 heavy (non-hydrogen) atoms. The van der Waals surface area contributed by atoms with Gasteiger partial charge in [-0.3, -0.25) is 9.78 Å². The first kappa shape index (κ1) is 15.4. The molecule has 6 nitrogen and oxygen atoms in total. The van der Waals surface area contributed by atoms with Crippen LogP contribution in [0, 0.1) is 5.92 Å². The van der Waals surface area contributed by atoms with Gasteiger partial charge in [0.15, 0.2) is 11.5 Å². The number of nitrogens with two attached hydrogens (primary N) is 1. The summed E-state index contributed by atoms with van der Waals surface area (Å²) in [5.41, 5.74) is 7.37. The van der Waals surface area contributed by atoms with Gasteiger partial charge in [-0.25, -0.2) is 0 Å². The highest BCUT2D eigenvalue weighted by Gasteiger charge is 2.24. The van der Waals surface area contributed by atoms with Gasteiger partial charge >= 0.3 is 0 Å². The second-order valence-electron chi connectivity index (χ2n) is 5.72. The van der Waals surface area contributed by atoms with Crippen molar-refractivity contribution in [3.05, 3.63) is 24.4 Å². The Morgan fingerprint density at radius 3 is 2.48 bits per heavy atom. The summed E-state index contributed by atoms with van der Waals surface area (Å²) in [6, 6.07) is 5.84. The molecule has 1 saturated heterocycles. The Kier molecular flexibility index (Phi) is 4.23. The number of methoxy groups -OCH3 is 2. The van der Waals surface area contributed by atoms with Gasteiger partial charge in [0, 0.05) is 42.3 Å². The first-order valence-corrected chi connectivity index (χ1v) is 7.69. The lowest BCUT2D eigenvalue weighted by atomic mass is 9.95. The summed E-state index contributed by atoms with van der Waals surface area (Å²) in [4.78, 5) is 18.0. The summed E-state index contributed by atoms with van der Waals surface area (Å²) in [6.07, 6.45) is 3.36. The van der Waals surface area contributed by atoms with Gasteiger partial charge in [-0.05, 0) is 25.0 Å². The Bertz CT molecular complexity index is 724. The van der Waals surface area contributed by atoms with Crippen molar-refractivity contribution < 1.29 is 14.3 Å². The van der Waals surface area contributed by atoms with Crippen molar-refractivity contribution in [2.75, 3.05) is 32.2 Å². The van der Waals surface area contributed by atoms with Crippen molar-refractivity contribution >= 4 is 22.5 Å². The Hall–Kier alpha value is -2.50. The van der Waals surface area contributed by atoms with Gasteiger partial charge in [0.25, 0.3) is 0 Å². The Labute approximate surface area is 135 Å². The van der Waals surface area contributed by atoms with E-state index >= 15 is 0 Å². The van der Waals surface area contributed by atoms with Gasteiger partial charge in [0.05, 0.1) is 19.7 Å². The van der Waals surface area contributed by atoms with Crippen LogP contribution < -0.4 is 20.1 Å². The number of carbonyl (C=O) groups is 1. The number of hydrogen-bond donors (Lipinski definition) is 1. The van der Waals surface area contributed by atoms with Gasteiger partial charge in [-0.15, -0.1) is 0 Å². The molecule has 0 atom stereocenters. The summed E-state index contributed by atoms with van der Waals surface area (Å²) in [6.45, 7) is 1.61. The third-order valence-corrected chi connectivity index (χ3v) is 4.46. The normalized spacial score (nSPS) is 15.7. The first-order valence-electron chi connectivity index (χ1n) is 7.69. The predicted octanol–water partition coefficient (Wildman–Crippen LogP) is 1.95. The molecule has 0 saturated carbocycles. The van der Waals surface area contributed by atoms with Crippen molar-refractivity contribution in [3.63, 3.8) is 0 Å². The number of ether oxygens (including phenoxy) is 2. The highest BCUT2D eigenvalue weighted by Crippen LogP contribution is 2.36. The van der Waals surface area contributed by atoms with E-state index in [-0.39, 0.29) is 11.8 Å². The molecular weight excluding hydrogens is 294 g/mol. The molecule has 2 aromatic rings. The Balaban J connectivity index is 1.97. The summed E-state index contributed by atoms with van der Waals surface area (Å²) in [5.74, 6) is 1.13. The third-order valence-electron chi connectivity index (χ3n) is 4.46. The number of carbonyl (C=O) groups excluding carboxylic acids is 1. The molecule has 0 bridgehead atoms. The number of hydrogen-bond acceptors (Lipinski definition) is 5. The van der Waals surface area contributed by atoms with Gasteiger partial charge in [0.1, 0.15) is 0 Å². The maximum atomic E-state index is 11.3. The van der Waals surface area contributed by atoms with E-state index in [0.717, 1.165) is 42.5 Å². The van der Waals surface area contributed by atoms with Crippen molar-refractivity contribution in [3.8, 4) is 11.5 Å². The lowest BCUT2D eigenvalue weighted by Gasteiger charge is -2.33. The topological polar surface area (TPSA) is 77.7 Å². The molecular formula is C17H21N3O3. The lowest BCUT2D eigenvalue weighted by Crippen LogP contribution is -2.38. The van der Waals surface area contributed by atoms with Crippen LogP contribution in [0.2, 0.25) is 0 Å². The number of fused-ring (bicyclic) bond motifs is 1. The summed E-state index contributed by atoms with van der Waals surface area (Å²) >= 11 is 0. The zero-order chi connectivity index (χ0) is 16.4. The minimum Gasteiger partial charge on any atom is -0.493 e. The minimum absolute atomic E-state index is 0.0195. The van der Waals surface area contributed by atoms with E-state index < -0.39 is 0 Å². The standard InChI is InChI=1S/C17H21N3O3/c1-22-15-9-12-13(10-16(15)23-2)19-6-3-14(12)20-7-4-11(5-8-20)17(18)21/h3,6,9-11H,4-5,7-8H2,1-2H3,(H2,18,21). The van der Waals surface area contributed by atoms with Crippen LogP contribution >= 0.6 is 0 Å². The molecule has 122 valence electrons. The van der Waals surface area contributed by atoms with Gasteiger partial charge < -0.3 is 20.1 Å². The fourth-order valence-electron chi connectivity index (χ4n) is 3.14. The number of anilines is 1. The van der Waals surface area contributed by atoms with Crippen molar-refractivity contribution in [1.29, 1.82) is 0 Å². The number of rotatable bonds is 4. The van der Waals surface area contributed by atoms with Gasteiger partial charge in [0.2, 0.25) is 5.91 Å². The van der Waals surface area contributed by atoms with Crippen LogP contribution in [0.4, 0.5) is 5.69 Å². The fourth-order valence-corrected chi connectivity index (χ4v) is 3.14. The fraction of sp³-hybridized carbons (Fsp3) is 0.412. The quantitative estimate of drug-likeness (QED) is 0.933. The molecule has 0 aliphatic carbocycles. The molecule has 6 heteroatoms. The number of nitrogens with zero attached hydrogens (tertiary/aromatic N) is 2. The molecule has 3 rings (SSSR count). The number of piperidine rings is 1. The number of benzene rings is 1. The van der Waals surface area contributed by atoms with Gasteiger partial charge in [-0.2, -0.15) is 0 Å². The SMILES string of the molecule is COc1cc2nccc(N3CCC(C(N)=O)CC3)c2cc1OC. The van der Waals surface area contributed by atoms with E-state index in [1.54, 1.807) is 20.4 Å². The number of pyridine rings is 1. The molecule has 0 radical (unpaired) electrons. The largest absolute Gasteiger partial charge is 0.493 e. The molecule has 2 heterocycles. The van der Waals surface area contributed by atoms with Crippen molar-refractivity contribution in [1.82, 2.24) is 4.98 Å². The number of primary amides is 1. The van der Waals surface area contributed by atoms with E-state index in [0.29, 0.717) is 11.5 Å². The molecule has 1 aromatic heterocycles. The highest BCUT2D eigenvalue weighted by molar-refractivity contribution is 5.94. The van der Waals surface area contributed by atoms with Crippen LogP contribution in [0.25, 0.3) is 10.9 Å². The summed E-state index contributed by atoms with van der Waals surface area (Å²) in [5, 5.41) is 1.02. The Morgan fingerprint density at radius 1 is 1.22 bits per heavy atom. The zero-order valence-corrected chi connectivity index (χ0v) is 13.4. The second kappa shape index (κ2) is 6.32. The van der Waals surface area contributed by atoms with Crippen LogP contribution in [-0.2, 0) is 4.79 Å². The third kappa shape index (κ3) is 2.88. The summed E-state index contributed by atoms with van der Waals surface area (Å²) in [7, 11) is 3.24. The lowest BCUT2D eigenvalue weighted by molar-refractivity contribution is -0.122. The number of amides is 1. The van der Waals surface area contributed by atoms with Crippen LogP contribution in [0.15, 0.2) is 24.4 Å². The van der Waals surface area contributed by atoms with E-state index in [9.17, 15) is 4.79 Å². The molecule has 2 N–H and O–H groups in total. The van der Waals surface area contributed by atoms with Gasteiger partial charge in [-0.1, -0.05) is 0 Å². The number of aromatic nitrogens is 1. The second-order valence-corrected chi connectivity index (χ2v) is 5.72. The maximum Gasteiger partial charge on any atom is 0.220 e. The van der Waals surface area contributed by atoms with E-state index in [2.05, 4.69) is 9.88 Å². The molecule has 1 aliphatic heterocycles. The van der Waals surface area contributed by atoms with Crippen LogP contribution in [0.3, 0.4) is 0 Å². The molecule has 0 unspecified atom stereocenters. The average Bonchev–Trinajstić information content (AvgIpc) is 2.60. The molecule has 1 fully saturated rings. The van der Waals surface area contributed by atoms with Crippen molar-refractivity contribution in [2.24, 2.45) is 11.7 Å². The highest BCUT2D eigenvalue weighted by atomic mass is 16.5. The monoisotopic (exact) mass is 315 g/mol. The van der Waals surface area contributed by atoms with Crippen LogP contribution in [0.5, 0.6) is 11.5 Å². The first-order chi connectivity index (χ1) is 11.1. The van der Waals surface area contributed by atoms with Crippen molar-refractivity contribution in [2.45, 2.75) is 12.8 Å². The molecule has 1 aromatic carbocycles. The molecule has 1 aliphatic rings. The van der Waals surface area contributed by atoms with E-state index in [1.807, 2.05) is 18.2 Å². The van der Waals surface area contributed by atoms with Crippen LogP contribution in [0.1, 0.15) is 12.8 Å². The minimum atomic E-state index is -0.198. The zero-order valence-electron chi connectivity index (χ0n) is 13.4. The summed E-state index contributed by atoms with van der Waals surface area (Å²) < 4.78 is 10.7. The molecule has 1 amide bonds. The predicted molar refractivity (Wildman–Crippen MR) is 89.0 cm³/mol. The average molecular weight is 315 g/mol. The smallest absolute Gasteiger partial charge is 0.220 e.